The van der Waals surface area contributed by atoms with Crippen LogP contribution in [0.25, 0.3) is 10.9 Å². The second kappa shape index (κ2) is 10.3. The molecule has 0 saturated heterocycles. The van der Waals surface area contributed by atoms with Gasteiger partial charge in [-0.1, -0.05) is 48.5 Å². The maximum Gasteiger partial charge on any atom is 0.220 e. The number of aromatic amines is 1. The average molecular weight is 440 g/mol. The van der Waals surface area contributed by atoms with E-state index in [1.807, 2.05) is 6.07 Å². The van der Waals surface area contributed by atoms with E-state index in [-0.39, 0.29) is 23.9 Å². The lowest BCUT2D eigenvalue weighted by molar-refractivity contribution is -0.122. The highest BCUT2D eigenvalue weighted by Gasteiger charge is 2.38. The van der Waals surface area contributed by atoms with Crippen molar-refractivity contribution in [3.05, 3.63) is 71.9 Å². The first kappa shape index (κ1) is 23.4. The first-order valence-corrected chi connectivity index (χ1v) is 11.1. The fourth-order valence-corrected chi connectivity index (χ4v) is 5.11. The van der Waals surface area contributed by atoms with Crippen LogP contribution in [0, 0.1) is 5.92 Å². The zero-order valence-electron chi connectivity index (χ0n) is 18.6. The Bertz CT molecular complexity index is 974. The molecule has 1 aliphatic rings. The van der Waals surface area contributed by atoms with Gasteiger partial charge in [-0.25, -0.2) is 0 Å². The molecule has 2 N–H and O–H groups in total. The molecule has 2 aromatic carbocycles. The number of fused-ring (bicyclic) bond motifs is 1. The zero-order valence-corrected chi connectivity index (χ0v) is 19.4. The number of para-hydroxylation sites is 1. The van der Waals surface area contributed by atoms with E-state index < -0.39 is 0 Å². The zero-order chi connectivity index (χ0) is 21.0. The highest BCUT2D eigenvalue weighted by Crippen LogP contribution is 2.43. The van der Waals surface area contributed by atoms with Crippen molar-refractivity contribution in [3.8, 4) is 0 Å². The monoisotopic (exact) mass is 439 g/mol. The third kappa shape index (κ3) is 5.13. The maximum atomic E-state index is 12.5. The van der Waals surface area contributed by atoms with Gasteiger partial charge in [0.05, 0.1) is 0 Å². The highest BCUT2D eigenvalue weighted by molar-refractivity contribution is 5.85. The molecule has 1 saturated carbocycles. The van der Waals surface area contributed by atoms with E-state index in [0.717, 1.165) is 37.6 Å². The van der Waals surface area contributed by atoms with Gasteiger partial charge < -0.3 is 10.3 Å². The molecular weight excluding hydrogens is 406 g/mol. The molecule has 0 bridgehead atoms. The Morgan fingerprint density at radius 1 is 1.06 bits per heavy atom. The number of carbonyl (C=O) groups is 1. The lowest BCUT2D eigenvalue weighted by atomic mass is 9.71. The van der Waals surface area contributed by atoms with Crippen LogP contribution in [0.15, 0.2) is 60.8 Å². The topological polar surface area (TPSA) is 48.1 Å². The van der Waals surface area contributed by atoms with Gasteiger partial charge in [0.25, 0.3) is 0 Å². The number of nitrogens with one attached hydrogen (secondary N) is 2. The summed E-state index contributed by atoms with van der Waals surface area (Å²) >= 11 is 0. The Labute approximate surface area is 191 Å². The minimum Gasteiger partial charge on any atom is -0.361 e. The van der Waals surface area contributed by atoms with Crippen LogP contribution in [0.2, 0.25) is 0 Å². The molecule has 1 heterocycles. The van der Waals surface area contributed by atoms with Crippen LogP contribution in [0.5, 0.6) is 0 Å². The normalized spacial score (nSPS) is 21.1. The number of rotatable bonds is 7. The largest absolute Gasteiger partial charge is 0.361 e. The van der Waals surface area contributed by atoms with Crippen molar-refractivity contribution in [2.75, 3.05) is 20.6 Å². The van der Waals surface area contributed by atoms with E-state index in [0.29, 0.717) is 18.9 Å². The third-order valence-corrected chi connectivity index (χ3v) is 6.97. The van der Waals surface area contributed by atoms with Gasteiger partial charge in [-0.05, 0) is 69.3 Å². The molecule has 1 amide bonds. The second-order valence-electron chi connectivity index (χ2n) is 8.90. The molecule has 0 spiro atoms. The van der Waals surface area contributed by atoms with Gasteiger partial charge in [0.15, 0.2) is 0 Å². The number of halogens is 1. The summed E-state index contributed by atoms with van der Waals surface area (Å²) < 4.78 is 0. The van der Waals surface area contributed by atoms with Crippen molar-refractivity contribution in [1.82, 2.24) is 15.2 Å². The van der Waals surface area contributed by atoms with Gasteiger partial charge in [-0.3, -0.25) is 9.69 Å². The minimum atomic E-state index is 0. The summed E-state index contributed by atoms with van der Waals surface area (Å²) in [4.78, 5) is 18.2. The molecule has 1 fully saturated rings. The van der Waals surface area contributed by atoms with Gasteiger partial charge in [-0.2, -0.15) is 0 Å². The Morgan fingerprint density at radius 3 is 2.45 bits per heavy atom. The SMILES string of the molecule is CN(C)C1(c2ccccc2)CCC(CC(=O)NCCc2c[nH]c3ccccc23)CC1.Cl. The molecule has 1 aliphatic carbocycles. The third-order valence-electron chi connectivity index (χ3n) is 6.97. The highest BCUT2D eigenvalue weighted by atomic mass is 35.5. The van der Waals surface area contributed by atoms with Gasteiger partial charge in [0.2, 0.25) is 5.91 Å². The molecule has 4 nitrogen and oxygen atoms in total. The first-order valence-electron chi connectivity index (χ1n) is 11.1. The predicted octanol–water partition coefficient (Wildman–Crippen LogP) is 5.29. The summed E-state index contributed by atoms with van der Waals surface area (Å²) in [6.45, 7) is 0.694. The van der Waals surface area contributed by atoms with E-state index in [4.69, 9.17) is 0 Å². The molecule has 4 rings (SSSR count). The minimum absolute atomic E-state index is 0. The molecule has 0 radical (unpaired) electrons. The fraction of sp³-hybridized carbons (Fsp3) is 0.423. The van der Waals surface area contributed by atoms with Gasteiger partial charge in [0.1, 0.15) is 0 Å². The van der Waals surface area contributed by atoms with E-state index in [2.05, 4.69) is 84.0 Å². The van der Waals surface area contributed by atoms with Crippen molar-refractivity contribution in [3.63, 3.8) is 0 Å². The van der Waals surface area contributed by atoms with Crippen molar-refractivity contribution in [1.29, 1.82) is 0 Å². The molecule has 3 aromatic rings. The van der Waals surface area contributed by atoms with Crippen molar-refractivity contribution in [2.45, 2.75) is 44.1 Å². The molecule has 5 heteroatoms. The van der Waals surface area contributed by atoms with E-state index in [1.54, 1.807) is 0 Å². The van der Waals surface area contributed by atoms with Crippen LogP contribution in [-0.4, -0.2) is 36.4 Å². The molecule has 1 aromatic heterocycles. The van der Waals surface area contributed by atoms with Crippen molar-refractivity contribution < 1.29 is 4.79 Å². The van der Waals surface area contributed by atoms with E-state index >= 15 is 0 Å². The summed E-state index contributed by atoms with van der Waals surface area (Å²) in [6, 6.07) is 19.2. The number of hydrogen-bond acceptors (Lipinski definition) is 2. The number of H-pyrrole nitrogens is 1. The number of carbonyl (C=O) groups excluding carboxylic acids is 1. The van der Waals surface area contributed by atoms with E-state index in [1.165, 1.54) is 16.5 Å². The number of benzene rings is 2. The van der Waals surface area contributed by atoms with Crippen LogP contribution in [0.4, 0.5) is 0 Å². The molecular formula is C26H34ClN3O. The lowest BCUT2D eigenvalue weighted by Crippen LogP contribution is -2.44. The summed E-state index contributed by atoms with van der Waals surface area (Å²) in [7, 11) is 4.37. The smallest absolute Gasteiger partial charge is 0.220 e. The Balaban J connectivity index is 0.00000272. The number of nitrogens with zero attached hydrogens (tertiary/aromatic N) is 1. The fourth-order valence-electron chi connectivity index (χ4n) is 5.11. The summed E-state index contributed by atoms with van der Waals surface area (Å²) in [5.74, 6) is 0.673. The number of hydrogen-bond donors (Lipinski definition) is 2. The predicted molar refractivity (Wildman–Crippen MR) is 131 cm³/mol. The number of aromatic nitrogens is 1. The van der Waals surface area contributed by atoms with Gasteiger partial charge in [0, 0.05) is 35.6 Å². The van der Waals surface area contributed by atoms with Crippen molar-refractivity contribution in [2.24, 2.45) is 5.92 Å². The molecule has 0 unspecified atom stereocenters. The average Bonchev–Trinajstić information content (AvgIpc) is 3.18. The molecule has 166 valence electrons. The standard InChI is InChI=1S/C26H33N3O.ClH/c1-29(2)26(22-8-4-3-5-9-22)15-12-20(13-16-26)18-25(30)27-17-14-21-19-28-24-11-7-6-10-23(21)24;/h3-11,19-20,28H,12-18H2,1-2H3,(H,27,30);1H. The van der Waals surface area contributed by atoms with Crippen LogP contribution in [0.1, 0.15) is 43.2 Å². The molecule has 0 atom stereocenters. The van der Waals surface area contributed by atoms with Gasteiger partial charge in [-0.15, -0.1) is 12.4 Å². The first-order chi connectivity index (χ1) is 14.6. The van der Waals surface area contributed by atoms with Crippen molar-refractivity contribution >= 4 is 29.2 Å². The number of amides is 1. The summed E-state index contributed by atoms with van der Waals surface area (Å²) in [6.07, 6.45) is 7.98. The molecule has 31 heavy (non-hydrogen) atoms. The van der Waals surface area contributed by atoms with Gasteiger partial charge >= 0.3 is 0 Å². The van der Waals surface area contributed by atoms with Crippen LogP contribution in [-0.2, 0) is 16.8 Å². The molecule has 0 aliphatic heterocycles. The Kier molecular flexibility index (Phi) is 7.79. The quantitative estimate of drug-likeness (QED) is 0.525. The maximum absolute atomic E-state index is 12.5. The van der Waals surface area contributed by atoms with E-state index in [9.17, 15) is 4.79 Å². The Morgan fingerprint density at radius 2 is 1.74 bits per heavy atom. The summed E-state index contributed by atoms with van der Waals surface area (Å²) in [5.41, 5.74) is 3.92. The lowest BCUT2D eigenvalue weighted by Gasteiger charge is -2.45. The Hall–Kier alpha value is -2.30. The van der Waals surface area contributed by atoms with Crippen LogP contribution in [0.3, 0.4) is 0 Å². The second-order valence-corrected chi connectivity index (χ2v) is 8.90. The van der Waals surface area contributed by atoms with Crippen LogP contribution >= 0.6 is 12.4 Å². The van der Waals surface area contributed by atoms with Crippen LogP contribution < -0.4 is 5.32 Å². The summed E-state index contributed by atoms with van der Waals surface area (Å²) in [5, 5.41) is 4.39.